The lowest BCUT2D eigenvalue weighted by Crippen LogP contribution is -2.26. The second kappa shape index (κ2) is 7.49. The van der Waals surface area contributed by atoms with Crippen molar-refractivity contribution >= 4 is 39.9 Å². The van der Waals surface area contributed by atoms with Crippen molar-refractivity contribution in [3.05, 3.63) is 68.8 Å². The summed E-state index contributed by atoms with van der Waals surface area (Å²) in [6.07, 6.45) is 3.92. The van der Waals surface area contributed by atoms with Crippen LogP contribution in [-0.4, -0.2) is 25.7 Å². The lowest BCUT2D eigenvalue weighted by atomic mass is 10.1. The van der Waals surface area contributed by atoms with Crippen LogP contribution in [0.15, 0.2) is 42.6 Å². The standard InChI is InChI=1S/C22H20ClN5OS/c1-12(17-8-9-18(23)30-17)25-22(29)15-11-16(14-6-7-14)26-21-20(15)13(2)27-28(21)19-5-3-4-10-24-19/h3-5,8-12,14H,6-7H2,1-2H3,(H,25,29). The number of carbonyl (C=O) groups excluding carboxylic acids is 1. The summed E-state index contributed by atoms with van der Waals surface area (Å²) in [4.78, 5) is 23.6. The molecule has 0 radical (unpaired) electrons. The van der Waals surface area contributed by atoms with Gasteiger partial charge in [-0.3, -0.25) is 4.79 Å². The van der Waals surface area contributed by atoms with Crippen molar-refractivity contribution in [2.45, 2.75) is 38.6 Å². The minimum absolute atomic E-state index is 0.134. The zero-order chi connectivity index (χ0) is 20.8. The van der Waals surface area contributed by atoms with Crippen LogP contribution in [0.4, 0.5) is 0 Å². The first kappa shape index (κ1) is 19.2. The fraction of sp³-hybridized carbons (Fsp3) is 0.273. The first-order valence-corrected chi connectivity index (χ1v) is 11.1. The smallest absolute Gasteiger partial charge is 0.252 e. The molecule has 152 valence electrons. The number of aromatic nitrogens is 4. The highest BCUT2D eigenvalue weighted by Gasteiger charge is 2.29. The minimum Gasteiger partial charge on any atom is -0.345 e. The Balaban J connectivity index is 1.60. The van der Waals surface area contributed by atoms with Crippen molar-refractivity contribution < 1.29 is 4.79 Å². The van der Waals surface area contributed by atoms with Crippen molar-refractivity contribution in [1.82, 2.24) is 25.1 Å². The Hall–Kier alpha value is -2.77. The first-order valence-electron chi connectivity index (χ1n) is 9.89. The molecule has 1 fully saturated rings. The molecule has 5 rings (SSSR count). The van der Waals surface area contributed by atoms with Crippen LogP contribution in [0.3, 0.4) is 0 Å². The highest BCUT2D eigenvalue weighted by atomic mass is 35.5. The van der Waals surface area contributed by atoms with Crippen molar-refractivity contribution in [2.24, 2.45) is 0 Å². The minimum atomic E-state index is -0.145. The maximum atomic E-state index is 13.3. The third kappa shape index (κ3) is 3.48. The zero-order valence-electron chi connectivity index (χ0n) is 16.6. The fourth-order valence-electron chi connectivity index (χ4n) is 3.62. The van der Waals surface area contributed by atoms with Gasteiger partial charge in [-0.25, -0.2) is 9.97 Å². The van der Waals surface area contributed by atoms with E-state index in [0.717, 1.165) is 34.5 Å². The molecule has 6 nitrogen and oxygen atoms in total. The van der Waals surface area contributed by atoms with Crippen LogP contribution >= 0.6 is 22.9 Å². The number of fused-ring (bicyclic) bond motifs is 1. The Bertz CT molecular complexity index is 1250. The summed E-state index contributed by atoms with van der Waals surface area (Å²) in [6, 6.07) is 11.2. The summed E-state index contributed by atoms with van der Waals surface area (Å²) < 4.78 is 2.44. The number of rotatable bonds is 5. The van der Waals surface area contributed by atoms with E-state index in [2.05, 4.69) is 15.4 Å². The number of nitrogens with zero attached hydrogens (tertiary/aromatic N) is 4. The lowest BCUT2D eigenvalue weighted by Gasteiger charge is -2.14. The highest BCUT2D eigenvalue weighted by Crippen LogP contribution is 2.40. The van der Waals surface area contributed by atoms with Gasteiger partial charge in [-0.05, 0) is 57.0 Å². The molecule has 1 aliphatic rings. The van der Waals surface area contributed by atoms with Gasteiger partial charge in [0.2, 0.25) is 0 Å². The summed E-state index contributed by atoms with van der Waals surface area (Å²) in [5.74, 6) is 0.954. The summed E-state index contributed by atoms with van der Waals surface area (Å²) in [5.41, 5.74) is 2.97. The van der Waals surface area contributed by atoms with Gasteiger partial charge < -0.3 is 5.32 Å². The topological polar surface area (TPSA) is 72.7 Å². The lowest BCUT2D eigenvalue weighted by molar-refractivity contribution is 0.0942. The van der Waals surface area contributed by atoms with E-state index >= 15 is 0 Å². The predicted octanol–water partition coefficient (Wildman–Crippen LogP) is 5.21. The molecule has 8 heteroatoms. The van der Waals surface area contributed by atoms with E-state index in [1.54, 1.807) is 10.9 Å². The molecule has 4 aromatic heterocycles. The van der Waals surface area contributed by atoms with Crippen LogP contribution in [0, 0.1) is 6.92 Å². The molecule has 30 heavy (non-hydrogen) atoms. The van der Waals surface area contributed by atoms with Gasteiger partial charge in [0.1, 0.15) is 0 Å². The van der Waals surface area contributed by atoms with Crippen molar-refractivity contribution in [3.63, 3.8) is 0 Å². The van der Waals surface area contributed by atoms with Crippen molar-refractivity contribution in [3.8, 4) is 5.82 Å². The highest BCUT2D eigenvalue weighted by molar-refractivity contribution is 7.16. The molecule has 4 heterocycles. The fourth-order valence-corrected chi connectivity index (χ4v) is 4.68. The second-order valence-electron chi connectivity index (χ2n) is 7.59. The largest absolute Gasteiger partial charge is 0.345 e. The first-order chi connectivity index (χ1) is 14.5. The Morgan fingerprint density at radius 2 is 2.13 bits per heavy atom. The number of halogens is 1. The van der Waals surface area contributed by atoms with E-state index < -0.39 is 0 Å². The number of nitrogens with one attached hydrogen (secondary N) is 1. The van der Waals surface area contributed by atoms with Crippen LogP contribution in [0.25, 0.3) is 16.9 Å². The molecule has 1 saturated carbocycles. The van der Waals surface area contributed by atoms with Gasteiger partial charge in [-0.15, -0.1) is 11.3 Å². The quantitative estimate of drug-likeness (QED) is 0.465. The monoisotopic (exact) mass is 437 g/mol. The molecular formula is C22H20ClN5OS. The van der Waals surface area contributed by atoms with Gasteiger partial charge in [-0.2, -0.15) is 9.78 Å². The normalized spacial score (nSPS) is 14.8. The number of amides is 1. The van der Waals surface area contributed by atoms with E-state index in [0.29, 0.717) is 27.3 Å². The van der Waals surface area contributed by atoms with Crippen LogP contribution in [0.1, 0.15) is 58.3 Å². The van der Waals surface area contributed by atoms with Gasteiger partial charge in [0.05, 0.1) is 27.0 Å². The van der Waals surface area contributed by atoms with Crippen LogP contribution in [0.5, 0.6) is 0 Å². The Kier molecular flexibility index (Phi) is 4.79. The molecular weight excluding hydrogens is 418 g/mol. The molecule has 0 aromatic carbocycles. The molecule has 0 saturated heterocycles. The molecule has 4 aromatic rings. The Morgan fingerprint density at radius 3 is 2.80 bits per heavy atom. The average Bonchev–Trinajstić information content (AvgIpc) is 3.43. The zero-order valence-corrected chi connectivity index (χ0v) is 18.2. The van der Waals surface area contributed by atoms with E-state index in [1.807, 2.05) is 50.2 Å². The number of hydrogen-bond donors (Lipinski definition) is 1. The number of carbonyl (C=O) groups is 1. The molecule has 1 unspecified atom stereocenters. The Morgan fingerprint density at radius 1 is 1.30 bits per heavy atom. The van der Waals surface area contributed by atoms with Gasteiger partial charge in [0, 0.05) is 22.7 Å². The van der Waals surface area contributed by atoms with Crippen LogP contribution in [-0.2, 0) is 0 Å². The number of thiophene rings is 1. The Labute approximate surface area is 182 Å². The van der Waals surface area contributed by atoms with Crippen LogP contribution < -0.4 is 5.32 Å². The summed E-state index contributed by atoms with van der Waals surface area (Å²) in [7, 11) is 0. The summed E-state index contributed by atoms with van der Waals surface area (Å²) in [5, 5.41) is 8.54. The van der Waals surface area contributed by atoms with E-state index in [9.17, 15) is 4.79 Å². The van der Waals surface area contributed by atoms with Gasteiger partial charge >= 0.3 is 0 Å². The third-order valence-corrected chi connectivity index (χ3v) is 6.72. The van der Waals surface area contributed by atoms with Crippen molar-refractivity contribution in [1.29, 1.82) is 0 Å². The summed E-state index contributed by atoms with van der Waals surface area (Å²) >= 11 is 7.53. The predicted molar refractivity (Wildman–Crippen MR) is 119 cm³/mol. The molecule has 1 aliphatic carbocycles. The average molecular weight is 438 g/mol. The van der Waals surface area contributed by atoms with Gasteiger partial charge in [0.25, 0.3) is 5.91 Å². The third-order valence-electron chi connectivity index (χ3n) is 5.31. The molecule has 1 amide bonds. The van der Waals surface area contributed by atoms with Gasteiger partial charge in [0.15, 0.2) is 11.5 Å². The molecule has 1 atom stereocenters. The van der Waals surface area contributed by atoms with Gasteiger partial charge in [-0.1, -0.05) is 17.7 Å². The number of aryl methyl sites for hydroxylation is 1. The molecule has 0 aliphatic heterocycles. The van der Waals surface area contributed by atoms with E-state index in [4.69, 9.17) is 16.6 Å². The van der Waals surface area contributed by atoms with E-state index in [1.165, 1.54) is 11.3 Å². The second-order valence-corrected chi connectivity index (χ2v) is 9.34. The maximum Gasteiger partial charge on any atom is 0.252 e. The molecule has 0 bridgehead atoms. The van der Waals surface area contributed by atoms with E-state index in [-0.39, 0.29) is 11.9 Å². The SMILES string of the molecule is Cc1nn(-c2ccccn2)c2nc(C3CC3)cc(C(=O)NC(C)c3ccc(Cl)s3)c12. The maximum absolute atomic E-state index is 13.3. The number of hydrogen-bond acceptors (Lipinski definition) is 5. The summed E-state index contributed by atoms with van der Waals surface area (Å²) in [6.45, 7) is 3.87. The molecule has 0 spiro atoms. The molecule has 1 N–H and O–H groups in total. The van der Waals surface area contributed by atoms with Crippen molar-refractivity contribution in [2.75, 3.05) is 0 Å². The van der Waals surface area contributed by atoms with Crippen LogP contribution in [0.2, 0.25) is 4.34 Å². The number of pyridine rings is 2.